The van der Waals surface area contributed by atoms with Gasteiger partial charge in [-0.2, -0.15) is 5.26 Å². The smallest absolute Gasteiger partial charge is 0.335 e. The first-order chi connectivity index (χ1) is 20.3. The Morgan fingerprint density at radius 3 is 2.55 bits per heavy atom. The molecular formula is C31H23F3N4O4. The van der Waals surface area contributed by atoms with Gasteiger partial charge in [0.1, 0.15) is 18.2 Å². The molecule has 0 radical (unpaired) electrons. The van der Waals surface area contributed by atoms with Crippen molar-refractivity contribution in [1.29, 1.82) is 5.26 Å². The molecule has 0 saturated carbocycles. The third-order valence-corrected chi connectivity index (χ3v) is 6.66. The van der Waals surface area contributed by atoms with Gasteiger partial charge in [0.2, 0.25) is 5.88 Å². The van der Waals surface area contributed by atoms with Crippen LogP contribution in [0.4, 0.5) is 13.2 Å². The maximum atomic E-state index is 15.4. The monoisotopic (exact) mass is 572 g/mol. The zero-order chi connectivity index (χ0) is 29.8. The van der Waals surface area contributed by atoms with Crippen LogP contribution >= 0.6 is 0 Å². The van der Waals surface area contributed by atoms with Crippen molar-refractivity contribution in [3.05, 3.63) is 112 Å². The van der Waals surface area contributed by atoms with Crippen LogP contribution in [0.1, 0.15) is 32.9 Å². The van der Waals surface area contributed by atoms with Gasteiger partial charge in [0, 0.05) is 37.3 Å². The van der Waals surface area contributed by atoms with E-state index in [1.165, 1.54) is 55.6 Å². The van der Waals surface area contributed by atoms with E-state index >= 15 is 8.78 Å². The molecule has 8 nitrogen and oxygen atoms in total. The highest BCUT2D eigenvalue weighted by Crippen LogP contribution is 2.29. The van der Waals surface area contributed by atoms with Crippen molar-refractivity contribution in [2.24, 2.45) is 0 Å². The molecule has 0 bridgehead atoms. The molecule has 5 aromatic rings. The van der Waals surface area contributed by atoms with Crippen molar-refractivity contribution in [2.45, 2.75) is 19.6 Å². The molecule has 0 spiro atoms. The van der Waals surface area contributed by atoms with Crippen molar-refractivity contribution in [3.63, 3.8) is 0 Å². The fourth-order valence-electron chi connectivity index (χ4n) is 4.50. The summed E-state index contributed by atoms with van der Waals surface area (Å²) < 4.78 is 57.4. The average Bonchev–Trinajstić information content (AvgIpc) is 3.33. The lowest BCUT2D eigenvalue weighted by Crippen LogP contribution is -2.10. The Hall–Kier alpha value is -5.21. The van der Waals surface area contributed by atoms with Gasteiger partial charge in [0.05, 0.1) is 40.5 Å². The van der Waals surface area contributed by atoms with Crippen LogP contribution < -0.4 is 4.74 Å². The lowest BCUT2D eigenvalue weighted by molar-refractivity contribution is 0.0697. The largest absolute Gasteiger partial charge is 0.478 e. The van der Waals surface area contributed by atoms with Crippen molar-refractivity contribution in [3.8, 4) is 23.2 Å². The van der Waals surface area contributed by atoms with E-state index in [4.69, 9.17) is 14.7 Å². The number of methoxy groups -OCH3 is 1. The van der Waals surface area contributed by atoms with Gasteiger partial charge in [-0.3, -0.25) is 0 Å². The Morgan fingerprint density at radius 1 is 1.00 bits per heavy atom. The lowest BCUT2D eigenvalue weighted by Gasteiger charge is -2.12. The molecule has 0 atom stereocenters. The minimum Gasteiger partial charge on any atom is -0.478 e. The number of nitrogens with zero attached hydrogens (tertiary/aromatic N) is 4. The predicted molar refractivity (Wildman–Crippen MR) is 146 cm³/mol. The first-order valence-corrected chi connectivity index (χ1v) is 12.8. The maximum absolute atomic E-state index is 15.4. The van der Waals surface area contributed by atoms with Crippen molar-refractivity contribution in [2.75, 3.05) is 13.7 Å². The molecule has 11 heteroatoms. The van der Waals surface area contributed by atoms with Crippen LogP contribution in [-0.2, 0) is 24.3 Å². The molecule has 2 aromatic heterocycles. The van der Waals surface area contributed by atoms with Gasteiger partial charge in [0.15, 0.2) is 11.6 Å². The van der Waals surface area contributed by atoms with Crippen LogP contribution in [0.25, 0.3) is 22.3 Å². The number of fused-ring (bicyclic) bond motifs is 1. The number of halogens is 3. The van der Waals surface area contributed by atoms with Crippen LogP contribution in [0.5, 0.6) is 5.88 Å². The summed E-state index contributed by atoms with van der Waals surface area (Å²) in [5, 5.41) is 18.3. The standard InChI is InChI=1S/C31H23F3N4O4/c1-41-12-11-38-26-14-20(31(39)40)8-10-25(26)36-27(38)15-19-7-9-22(30(34)29(19)33)24-3-2-4-28(37-24)42-17-21-6-5-18(16-35)13-23(21)32/h2-10,13-14H,11-12,15,17H2,1H3,(H,39,40). The quantitative estimate of drug-likeness (QED) is 0.222. The fourth-order valence-corrected chi connectivity index (χ4v) is 4.50. The average molecular weight is 573 g/mol. The molecule has 0 aliphatic rings. The molecule has 1 N–H and O–H groups in total. The van der Waals surface area contributed by atoms with Gasteiger partial charge in [0.25, 0.3) is 0 Å². The Morgan fingerprint density at radius 2 is 1.81 bits per heavy atom. The molecule has 0 amide bonds. The number of imidazole rings is 1. The highest BCUT2D eigenvalue weighted by atomic mass is 19.2. The number of hydrogen-bond acceptors (Lipinski definition) is 6. The molecule has 2 heterocycles. The first-order valence-electron chi connectivity index (χ1n) is 12.8. The minimum atomic E-state index is -1.11. The molecule has 0 fully saturated rings. The summed E-state index contributed by atoms with van der Waals surface area (Å²) >= 11 is 0. The number of rotatable bonds is 10. The zero-order valence-corrected chi connectivity index (χ0v) is 22.3. The van der Waals surface area contributed by atoms with E-state index in [1.54, 1.807) is 16.7 Å². The van der Waals surface area contributed by atoms with Gasteiger partial charge in [-0.1, -0.05) is 18.2 Å². The number of nitriles is 1. The molecule has 3 aromatic carbocycles. The Balaban J connectivity index is 1.40. The summed E-state index contributed by atoms with van der Waals surface area (Å²) in [7, 11) is 1.52. The Kier molecular flexibility index (Phi) is 8.17. The molecular weight excluding hydrogens is 549 g/mol. The molecule has 0 aliphatic carbocycles. The number of benzene rings is 3. The normalized spacial score (nSPS) is 11.0. The first kappa shape index (κ1) is 28.3. The van der Waals surface area contributed by atoms with Crippen LogP contribution in [-0.4, -0.2) is 39.3 Å². The number of carbonyl (C=O) groups is 1. The van der Waals surface area contributed by atoms with Gasteiger partial charge in [-0.25, -0.2) is 27.9 Å². The second-order valence-electron chi connectivity index (χ2n) is 9.33. The highest BCUT2D eigenvalue weighted by molar-refractivity contribution is 5.92. The van der Waals surface area contributed by atoms with E-state index in [-0.39, 0.29) is 52.4 Å². The third kappa shape index (κ3) is 5.80. The summed E-state index contributed by atoms with van der Waals surface area (Å²) in [6, 6.07) is 17.8. The summed E-state index contributed by atoms with van der Waals surface area (Å²) in [4.78, 5) is 20.3. The number of aromatic carboxylic acids is 1. The minimum absolute atomic E-state index is 0.0485. The van der Waals surface area contributed by atoms with Gasteiger partial charge in [-0.15, -0.1) is 0 Å². The number of pyridine rings is 1. The zero-order valence-electron chi connectivity index (χ0n) is 22.3. The molecule has 0 saturated heterocycles. The molecule has 42 heavy (non-hydrogen) atoms. The number of aromatic nitrogens is 3. The summed E-state index contributed by atoms with van der Waals surface area (Å²) in [6.45, 7) is 0.450. The summed E-state index contributed by atoms with van der Waals surface area (Å²) in [5.74, 6) is -3.38. The second-order valence-corrected chi connectivity index (χ2v) is 9.33. The Labute approximate surface area is 238 Å². The molecule has 212 valence electrons. The van der Waals surface area contributed by atoms with Crippen molar-refractivity contribution in [1.82, 2.24) is 14.5 Å². The lowest BCUT2D eigenvalue weighted by atomic mass is 10.0. The number of ether oxygens (including phenoxy) is 2. The van der Waals surface area contributed by atoms with Crippen molar-refractivity contribution >= 4 is 17.0 Å². The van der Waals surface area contributed by atoms with Gasteiger partial charge < -0.3 is 19.1 Å². The van der Waals surface area contributed by atoms with E-state index in [2.05, 4.69) is 9.97 Å². The predicted octanol–water partition coefficient (Wildman–Crippen LogP) is 5.90. The third-order valence-electron chi connectivity index (χ3n) is 6.66. The number of hydrogen-bond donors (Lipinski definition) is 1. The number of carboxylic acid groups (broad SMARTS) is 1. The maximum Gasteiger partial charge on any atom is 0.335 e. The highest BCUT2D eigenvalue weighted by Gasteiger charge is 2.20. The molecule has 0 unspecified atom stereocenters. The van der Waals surface area contributed by atoms with Crippen LogP contribution in [0.2, 0.25) is 0 Å². The topological polar surface area (TPSA) is 110 Å². The summed E-state index contributed by atoms with van der Waals surface area (Å²) in [5.41, 5.74) is 1.60. The van der Waals surface area contributed by atoms with Crippen LogP contribution in [0.15, 0.2) is 66.7 Å². The molecule has 5 rings (SSSR count). The second kappa shape index (κ2) is 12.1. The van der Waals surface area contributed by atoms with E-state index in [0.29, 0.717) is 30.0 Å². The fraction of sp³-hybridized carbons (Fsp3) is 0.161. The summed E-state index contributed by atoms with van der Waals surface area (Å²) in [6.07, 6.45) is -0.0590. The van der Waals surface area contributed by atoms with Gasteiger partial charge >= 0.3 is 5.97 Å². The van der Waals surface area contributed by atoms with Crippen LogP contribution in [0, 0.1) is 28.8 Å². The van der Waals surface area contributed by atoms with Crippen LogP contribution in [0.3, 0.4) is 0 Å². The van der Waals surface area contributed by atoms with E-state index in [9.17, 15) is 14.3 Å². The van der Waals surface area contributed by atoms with E-state index in [0.717, 1.165) is 6.07 Å². The van der Waals surface area contributed by atoms with Crippen molar-refractivity contribution < 1.29 is 32.5 Å². The van der Waals surface area contributed by atoms with E-state index < -0.39 is 23.4 Å². The SMILES string of the molecule is COCCn1c(Cc2ccc(-c3cccc(OCc4ccc(C#N)cc4F)n3)c(F)c2F)nc2ccc(C(=O)O)cc21. The van der Waals surface area contributed by atoms with Gasteiger partial charge in [-0.05, 0) is 48.0 Å². The number of carboxylic acids is 1. The Bertz CT molecular complexity index is 1850. The molecule has 0 aliphatic heterocycles. The van der Waals surface area contributed by atoms with E-state index in [1.807, 2.05) is 6.07 Å².